The van der Waals surface area contributed by atoms with Gasteiger partial charge in [0.1, 0.15) is 18.1 Å². The van der Waals surface area contributed by atoms with Gasteiger partial charge in [-0.3, -0.25) is 14.5 Å². The van der Waals surface area contributed by atoms with Crippen LogP contribution in [0.3, 0.4) is 0 Å². The maximum atomic E-state index is 11.9. The topological polar surface area (TPSA) is 107 Å². The van der Waals surface area contributed by atoms with E-state index in [2.05, 4.69) is 5.32 Å². The van der Waals surface area contributed by atoms with Gasteiger partial charge in [-0.25, -0.2) is 9.59 Å². The number of imide groups is 1. The molecule has 0 bridgehead atoms. The Bertz CT molecular complexity index is 446. The number of rotatable bonds is 4. The van der Waals surface area contributed by atoms with Crippen molar-refractivity contribution < 1.29 is 24.3 Å². The molecule has 1 heterocycles. The third-order valence-corrected chi connectivity index (χ3v) is 3.07. The smallest absolute Gasteiger partial charge is 0.326 e. The Hall–Kier alpha value is -2.12. The summed E-state index contributed by atoms with van der Waals surface area (Å²) in [6.45, 7) is 3.93. The molecule has 0 aromatic rings. The normalized spacial score (nSPS) is 19.1. The molecule has 4 amide bonds. The highest BCUT2D eigenvalue weighted by Crippen LogP contribution is 2.16. The Labute approximate surface area is 110 Å². The molecule has 1 aliphatic heterocycles. The summed E-state index contributed by atoms with van der Waals surface area (Å²) in [5.41, 5.74) is -1.05. The molecule has 8 heteroatoms. The lowest BCUT2D eigenvalue weighted by Crippen LogP contribution is -2.47. The van der Waals surface area contributed by atoms with E-state index in [0.29, 0.717) is 0 Å². The Kier molecular flexibility index (Phi) is 3.83. The van der Waals surface area contributed by atoms with Gasteiger partial charge in [0.25, 0.3) is 5.91 Å². The fourth-order valence-electron chi connectivity index (χ4n) is 1.59. The van der Waals surface area contributed by atoms with E-state index in [-0.39, 0.29) is 0 Å². The Morgan fingerprint density at radius 1 is 1.42 bits per heavy atom. The first kappa shape index (κ1) is 14.9. The SMILES string of the molecule is C[C@@H](C(=O)O)N(C)C(=O)CN1C(=O)NC(C)(C)C1=O. The van der Waals surface area contributed by atoms with Gasteiger partial charge in [-0.2, -0.15) is 0 Å². The van der Waals surface area contributed by atoms with Crippen LogP contribution in [-0.2, 0) is 14.4 Å². The minimum atomic E-state index is -1.16. The van der Waals surface area contributed by atoms with Crippen molar-refractivity contribution in [2.24, 2.45) is 0 Å². The van der Waals surface area contributed by atoms with E-state index in [9.17, 15) is 19.2 Å². The molecule has 0 aromatic heterocycles. The summed E-state index contributed by atoms with van der Waals surface area (Å²) in [5.74, 6) is -2.29. The van der Waals surface area contributed by atoms with Gasteiger partial charge < -0.3 is 15.3 Å². The van der Waals surface area contributed by atoms with Gasteiger partial charge >= 0.3 is 12.0 Å². The van der Waals surface area contributed by atoms with E-state index in [0.717, 1.165) is 9.80 Å². The zero-order valence-corrected chi connectivity index (χ0v) is 11.3. The van der Waals surface area contributed by atoms with Crippen LogP contribution in [0, 0.1) is 0 Å². The molecule has 1 fully saturated rings. The molecule has 1 saturated heterocycles. The third kappa shape index (κ3) is 2.83. The number of likely N-dealkylation sites (N-methyl/N-ethyl adjacent to an activating group) is 1. The van der Waals surface area contributed by atoms with Crippen LogP contribution < -0.4 is 5.32 Å². The highest BCUT2D eigenvalue weighted by Gasteiger charge is 2.45. The molecular formula is C11H17N3O5. The van der Waals surface area contributed by atoms with Gasteiger partial charge in [0, 0.05) is 7.05 Å². The quantitative estimate of drug-likeness (QED) is 0.654. The lowest BCUT2D eigenvalue weighted by molar-refractivity contribution is -0.149. The van der Waals surface area contributed by atoms with Gasteiger partial charge in [-0.1, -0.05) is 0 Å². The largest absolute Gasteiger partial charge is 0.480 e. The van der Waals surface area contributed by atoms with Gasteiger partial charge in [0.05, 0.1) is 0 Å². The van der Waals surface area contributed by atoms with Gasteiger partial charge in [0.2, 0.25) is 5.91 Å². The highest BCUT2D eigenvalue weighted by molar-refractivity contribution is 6.08. The molecule has 2 N–H and O–H groups in total. The summed E-state index contributed by atoms with van der Waals surface area (Å²) in [6, 6.07) is -1.68. The first-order valence-corrected chi connectivity index (χ1v) is 5.70. The standard InChI is InChI=1S/C11H17N3O5/c1-6(8(16)17)13(4)7(15)5-14-9(18)11(2,3)12-10(14)19/h6H,5H2,1-4H3,(H,12,19)(H,16,17)/t6-/m0/s1. The number of carbonyl (C=O) groups is 4. The average Bonchev–Trinajstić information content (AvgIpc) is 2.49. The first-order chi connectivity index (χ1) is 8.58. The third-order valence-electron chi connectivity index (χ3n) is 3.07. The zero-order chi connectivity index (χ0) is 15.0. The minimum absolute atomic E-state index is 0.470. The van der Waals surface area contributed by atoms with Crippen LogP contribution in [0.2, 0.25) is 0 Å². The van der Waals surface area contributed by atoms with Crippen LogP contribution >= 0.6 is 0 Å². The molecule has 106 valence electrons. The molecule has 1 aliphatic rings. The van der Waals surface area contributed by atoms with E-state index in [1.54, 1.807) is 0 Å². The fraction of sp³-hybridized carbons (Fsp3) is 0.636. The highest BCUT2D eigenvalue weighted by atomic mass is 16.4. The number of aliphatic carboxylic acids is 1. The number of carboxylic acid groups (broad SMARTS) is 1. The number of urea groups is 1. The van der Waals surface area contributed by atoms with Crippen molar-refractivity contribution in [3.8, 4) is 0 Å². The maximum absolute atomic E-state index is 11.9. The number of amides is 4. The summed E-state index contributed by atoms with van der Waals surface area (Å²) in [6.07, 6.45) is 0. The van der Waals surface area contributed by atoms with Crippen molar-refractivity contribution in [2.75, 3.05) is 13.6 Å². The Morgan fingerprint density at radius 2 is 1.95 bits per heavy atom. The minimum Gasteiger partial charge on any atom is -0.480 e. The lowest BCUT2D eigenvalue weighted by atomic mass is 10.1. The van der Waals surface area contributed by atoms with Gasteiger partial charge in [-0.15, -0.1) is 0 Å². The Balaban J connectivity index is 2.76. The van der Waals surface area contributed by atoms with Crippen LogP contribution in [0.1, 0.15) is 20.8 Å². The molecule has 8 nitrogen and oxygen atoms in total. The fourth-order valence-corrected chi connectivity index (χ4v) is 1.59. The summed E-state index contributed by atoms with van der Waals surface area (Å²) >= 11 is 0. The van der Waals surface area contributed by atoms with Crippen LogP contribution in [0.4, 0.5) is 4.79 Å². The van der Waals surface area contributed by atoms with Crippen LogP contribution in [0.5, 0.6) is 0 Å². The van der Waals surface area contributed by atoms with E-state index in [4.69, 9.17) is 5.11 Å². The molecule has 1 rings (SSSR count). The number of carbonyl (C=O) groups excluding carboxylic acids is 3. The summed E-state index contributed by atoms with van der Waals surface area (Å²) in [4.78, 5) is 47.8. The van der Waals surface area contributed by atoms with Crippen molar-refractivity contribution >= 4 is 23.8 Å². The van der Waals surface area contributed by atoms with Crippen molar-refractivity contribution in [1.82, 2.24) is 15.1 Å². The van der Waals surface area contributed by atoms with Crippen molar-refractivity contribution in [1.29, 1.82) is 0 Å². The molecule has 0 unspecified atom stereocenters. The van der Waals surface area contributed by atoms with E-state index in [1.807, 2.05) is 0 Å². The molecule has 1 atom stereocenters. The van der Waals surface area contributed by atoms with Crippen LogP contribution in [0.25, 0.3) is 0 Å². The predicted octanol–water partition coefficient (Wildman–Crippen LogP) is -0.752. The average molecular weight is 271 g/mol. The molecule has 0 radical (unpaired) electrons. The molecule has 0 aliphatic carbocycles. The number of hydrogen-bond acceptors (Lipinski definition) is 4. The van der Waals surface area contributed by atoms with E-state index in [1.165, 1.54) is 27.8 Å². The lowest BCUT2D eigenvalue weighted by Gasteiger charge is -2.23. The number of carboxylic acids is 1. The van der Waals surface area contributed by atoms with Crippen LogP contribution in [0.15, 0.2) is 0 Å². The molecule has 0 aromatic carbocycles. The predicted molar refractivity (Wildman–Crippen MR) is 64.2 cm³/mol. The number of hydrogen-bond donors (Lipinski definition) is 2. The summed E-state index contributed by atoms with van der Waals surface area (Å²) in [5, 5.41) is 11.2. The van der Waals surface area contributed by atoms with E-state index < -0.39 is 41.9 Å². The molecule has 0 saturated carbocycles. The van der Waals surface area contributed by atoms with Crippen molar-refractivity contribution in [3.05, 3.63) is 0 Å². The van der Waals surface area contributed by atoms with Crippen molar-refractivity contribution in [2.45, 2.75) is 32.4 Å². The number of nitrogens with one attached hydrogen (secondary N) is 1. The second kappa shape index (κ2) is 4.87. The van der Waals surface area contributed by atoms with Crippen molar-refractivity contribution in [3.63, 3.8) is 0 Å². The van der Waals surface area contributed by atoms with Gasteiger partial charge in [-0.05, 0) is 20.8 Å². The van der Waals surface area contributed by atoms with Crippen LogP contribution in [-0.4, -0.2) is 63.9 Å². The number of nitrogens with zero attached hydrogens (tertiary/aromatic N) is 2. The summed E-state index contributed by atoms with van der Waals surface area (Å²) < 4.78 is 0. The van der Waals surface area contributed by atoms with Gasteiger partial charge in [0.15, 0.2) is 0 Å². The van der Waals surface area contributed by atoms with E-state index >= 15 is 0 Å². The Morgan fingerprint density at radius 3 is 2.32 bits per heavy atom. The molecular weight excluding hydrogens is 254 g/mol. The second-order valence-electron chi connectivity index (χ2n) is 4.97. The monoisotopic (exact) mass is 271 g/mol. The summed E-state index contributed by atoms with van der Waals surface area (Å²) in [7, 11) is 1.31. The molecule has 0 spiro atoms. The first-order valence-electron chi connectivity index (χ1n) is 5.70. The zero-order valence-electron chi connectivity index (χ0n) is 11.3. The molecule has 19 heavy (non-hydrogen) atoms. The second-order valence-corrected chi connectivity index (χ2v) is 4.97. The maximum Gasteiger partial charge on any atom is 0.326 e.